The van der Waals surface area contributed by atoms with E-state index in [0.717, 1.165) is 11.3 Å². The lowest BCUT2D eigenvalue weighted by Crippen LogP contribution is -1.97. The molecule has 0 atom stereocenters. The van der Waals surface area contributed by atoms with E-state index in [9.17, 15) is 0 Å². The molecular weight excluding hydrogens is 226 g/mol. The molecule has 0 fully saturated rings. The van der Waals surface area contributed by atoms with Crippen LogP contribution in [-0.4, -0.2) is 15.0 Å². The summed E-state index contributed by atoms with van der Waals surface area (Å²) in [6.07, 6.45) is 3.29. The van der Waals surface area contributed by atoms with Crippen molar-refractivity contribution >= 4 is 11.6 Å². The predicted molar refractivity (Wildman–Crippen MR) is 60.8 cm³/mol. The van der Waals surface area contributed by atoms with Gasteiger partial charge in [-0.3, -0.25) is 4.98 Å². The van der Waals surface area contributed by atoms with E-state index in [1.165, 1.54) is 0 Å². The molecule has 0 amide bonds. The molecule has 2 heterocycles. The summed E-state index contributed by atoms with van der Waals surface area (Å²) in [6.45, 7) is 3.75. The van der Waals surface area contributed by atoms with Crippen LogP contribution in [-0.2, 0) is 0 Å². The first-order chi connectivity index (χ1) is 7.66. The van der Waals surface area contributed by atoms with Crippen LogP contribution in [0.25, 0.3) is 0 Å². The molecule has 0 aliphatic carbocycles. The van der Waals surface area contributed by atoms with Crippen LogP contribution in [0.3, 0.4) is 0 Å². The Morgan fingerprint density at radius 2 is 2.06 bits per heavy atom. The van der Waals surface area contributed by atoms with Crippen LogP contribution in [0.15, 0.2) is 24.5 Å². The summed E-state index contributed by atoms with van der Waals surface area (Å²) in [5.41, 5.74) is 1.67. The minimum absolute atomic E-state index is 0.182. The second kappa shape index (κ2) is 4.45. The molecule has 16 heavy (non-hydrogen) atoms. The van der Waals surface area contributed by atoms with Gasteiger partial charge in [-0.1, -0.05) is 0 Å². The van der Waals surface area contributed by atoms with Gasteiger partial charge < -0.3 is 4.74 Å². The summed E-state index contributed by atoms with van der Waals surface area (Å²) >= 11 is 5.77. The Bertz CT molecular complexity index is 502. The third kappa shape index (κ3) is 2.28. The molecule has 0 spiro atoms. The molecule has 5 heteroatoms. The van der Waals surface area contributed by atoms with Gasteiger partial charge in [0.1, 0.15) is 5.75 Å². The van der Waals surface area contributed by atoms with Crippen LogP contribution in [0.1, 0.15) is 11.3 Å². The highest BCUT2D eigenvalue weighted by molar-refractivity contribution is 6.28. The summed E-state index contributed by atoms with van der Waals surface area (Å²) in [6, 6.07) is 3.60. The maximum atomic E-state index is 5.77. The zero-order valence-electron chi connectivity index (χ0n) is 8.94. The predicted octanol–water partition coefficient (Wildman–Crippen LogP) is 2.93. The van der Waals surface area contributed by atoms with Crippen molar-refractivity contribution in [2.45, 2.75) is 13.8 Å². The maximum Gasteiger partial charge on any atom is 0.226 e. The van der Waals surface area contributed by atoms with Gasteiger partial charge in [-0.05, 0) is 37.6 Å². The number of nitrogens with zero attached hydrogens (tertiary/aromatic N) is 3. The molecule has 2 aromatic rings. The van der Waals surface area contributed by atoms with Crippen LogP contribution in [0, 0.1) is 13.8 Å². The van der Waals surface area contributed by atoms with Gasteiger partial charge in [-0.2, -0.15) is 4.98 Å². The molecule has 2 aromatic heterocycles. The lowest BCUT2D eigenvalue weighted by atomic mass is 10.3. The van der Waals surface area contributed by atoms with Crippen molar-refractivity contribution in [1.82, 2.24) is 15.0 Å². The van der Waals surface area contributed by atoms with E-state index in [2.05, 4.69) is 15.0 Å². The van der Waals surface area contributed by atoms with Crippen molar-refractivity contribution in [3.63, 3.8) is 0 Å². The number of ether oxygens (including phenoxy) is 1. The van der Waals surface area contributed by atoms with Gasteiger partial charge in [0, 0.05) is 17.5 Å². The molecule has 0 N–H and O–H groups in total. The van der Waals surface area contributed by atoms with Gasteiger partial charge in [-0.25, -0.2) is 4.98 Å². The molecule has 4 nitrogen and oxygen atoms in total. The number of aryl methyl sites for hydroxylation is 1. The van der Waals surface area contributed by atoms with Crippen LogP contribution < -0.4 is 4.74 Å². The Hall–Kier alpha value is -1.68. The zero-order valence-corrected chi connectivity index (χ0v) is 9.69. The van der Waals surface area contributed by atoms with Crippen molar-refractivity contribution < 1.29 is 4.74 Å². The minimum atomic E-state index is 0.182. The van der Waals surface area contributed by atoms with E-state index in [4.69, 9.17) is 16.3 Å². The van der Waals surface area contributed by atoms with Crippen LogP contribution in [0.2, 0.25) is 5.28 Å². The van der Waals surface area contributed by atoms with Gasteiger partial charge >= 0.3 is 0 Å². The van der Waals surface area contributed by atoms with Gasteiger partial charge in [0.05, 0.1) is 6.20 Å². The fourth-order valence-corrected chi connectivity index (χ4v) is 1.39. The van der Waals surface area contributed by atoms with E-state index in [1.54, 1.807) is 24.5 Å². The van der Waals surface area contributed by atoms with Crippen molar-refractivity contribution in [3.05, 3.63) is 41.1 Å². The van der Waals surface area contributed by atoms with E-state index >= 15 is 0 Å². The quantitative estimate of drug-likeness (QED) is 0.751. The van der Waals surface area contributed by atoms with Crippen LogP contribution in [0.4, 0.5) is 0 Å². The van der Waals surface area contributed by atoms with E-state index in [1.807, 2.05) is 13.8 Å². The Kier molecular flexibility index (Phi) is 3.01. The third-order valence-electron chi connectivity index (χ3n) is 2.17. The van der Waals surface area contributed by atoms with Crippen molar-refractivity contribution in [1.29, 1.82) is 0 Å². The topological polar surface area (TPSA) is 47.9 Å². The Morgan fingerprint density at radius 1 is 1.25 bits per heavy atom. The summed E-state index contributed by atoms with van der Waals surface area (Å²) in [7, 11) is 0. The molecule has 2 rings (SSSR count). The Morgan fingerprint density at radius 3 is 2.75 bits per heavy atom. The SMILES string of the molecule is Cc1nc(Cl)nc(Oc2cccnc2)c1C. The normalized spacial score (nSPS) is 10.2. The van der Waals surface area contributed by atoms with Gasteiger partial charge in [-0.15, -0.1) is 0 Å². The number of hydrogen-bond donors (Lipinski definition) is 0. The van der Waals surface area contributed by atoms with Crippen molar-refractivity contribution in [3.8, 4) is 11.6 Å². The monoisotopic (exact) mass is 235 g/mol. The molecule has 0 saturated carbocycles. The molecule has 0 aliphatic rings. The molecule has 82 valence electrons. The number of pyridine rings is 1. The lowest BCUT2D eigenvalue weighted by Gasteiger charge is -2.08. The maximum absolute atomic E-state index is 5.77. The van der Waals surface area contributed by atoms with E-state index in [0.29, 0.717) is 11.6 Å². The van der Waals surface area contributed by atoms with Crippen LogP contribution in [0.5, 0.6) is 11.6 Å². The molecule has 0 saturated heterocycles. The fourth-order valence-electron chi connectivity index (χ4n) is 1.19. The van der Waals surface area contributed by atoms with Gasteiger partial charge in [0.15, 0.2) is 0 Å². The van der Waals surface area contributed by atoms with Crippen molar-refractivity contribution in [2.24, 2.45) is 0 Å². The highest BCUT2D eigenvalue weighted by Gasteiger charge is 2.08. The number of hydrogen-bond acceptors (Lipinski definition) is 4. The largest absolute Gasteiger partial charge is 0.437 e. The number of rotatable bonds is 2. The number of aromatic nitrogens is 3. The molecule has 0 unspecified atom stereocenters. The molecule has 0 bridgehead atoms. The molecular formula is C11H10ClN3O. The van der Waals surface area contributed by atoms with Crippen molar-refractivity contribution in [2.75, 3.05) is 0 Å². The first kappa shape index (κ1) is 10.8. The fraction of sp³-hybridized carbons (Fsp3) is 0.182. The second-order valence-electron chi connectivity index (χ2n) is 3.30. The summed E-state index contributed by atoms with van der Waals surface area (Å²) in [4.78, 5) is 12.0. The first-order valence-electron chi connectivity index (χ1n) is 4.75. The summed E-state index contributed by atoms with van der Waals surface area (Å²) in [5, 5.41) is 0.182. The van der Waals surface area contributed by atoms with Crippen LogP contribution >= 0.6 is 11.6 Å². The van der Waals surface area contributed by atoms with Gasteiger partial charge in [0.25, 0.3) is 0 Å². The molecule has 0 radical (unpaired) electrons. The summed E-state index contributed by atoms with van der Waals surface area (Å²) < 4.78 is 5.57. The first-order valence-corrected chi connectivity index (χ1v) is 5.13. The average Bonchev–Trinajstić information content (AvgIpc) is 2.27. The minimum Gasteiger partial charge on any atom is -0.437 e. The highest BCUT2D eigenvalue weighted by atomic mass is 35.5. The highest BCUT2D eigenvalue weighted by Crippen LogP contribution is 2.24. The average molecular weight is 236 g/mol. The standard InChI is InChI=1S/C11H10ClN3O/c1-7-8(2)14-11(12)15-10(7)16-9-4-3-5-13-6-9/h3-6H,1-2H3. The lowest BCUT2D eigenvalue weighted by molar-refractivity contribution is 0.454. The smallest absolute Gasteiger partial charge is 0.226 e. The van der Waals surface area contributed by atoms with Gasteiger partial charge in [0.2, 0.25) is 11.2 Å². The number of halogens is 1. The Balaban J connectivity index is 2.35. The third-order valence-corrected chi connectivity index (χ3v) is 2.34. The molecule has 0 aromatic carbocycles. The van der Waals surface area contributed by atoms with E-state index < -0.39 is 0 Å². The zero-order chi connectivity index (χ0) is 11.5. The molecule has 0 aliphatic heterocycles. The second-order valence-corrected chi connectivity index (χ2v) is 3.64. The summed E-state index contributed by atoms with van der Waals surface area (Å²) in [5.74, 6) is 1.09. The Labute approximate surface area is 98.3 Å². The van der Waals surface area contributed by atoms with E-state index in [-0.39, 0.29) is 5.28 Å².